The van der Waals surface area contributed by atoms with Crippen molar-refractivity contribution < 1.29 is 9.31 Å². The molecule has 0 aliphatic carbocycles. The summed E-state index contributed by atoms with van der Waals surface area (Å²) in [7, 11) is 1.40. The highest BCUT2D eigenvalue weighted by Gasteiger charge is 1.98. The fraction of sp³-hybridized carbons (Fsp3) is 1.00. The molecule has 0 N–H and O–H groups in total. The smallest absolute Gasteiger partial charge is 0.411 e. The van der Waals surface area contributed by atoms with Gasteiger partial charge in [0.1, 0.15) is 0 Å². The van der Waals surface area contributed by atoms with Crippen molar-refractivity contribution in [3.63, 3.8) is 0 Å². The van der Waals surface area contributed by atoms with E-state index in [1.165, 1.54) is 7.69 Å². The summed E-state index contributed by atoms with van der Waals surface area (Å²) >= 11 is 0. The summed E-state index contributed by atoms with van der Waals surface area (Å²) < 4.78 is 10.0. The lowest BCUT2D eigenvalue weighted by Crippen LogP contribution is -2.14. The Bertz CT molecular complexity index is 56.1. The van der Waals surface area contributed by atoms with E-state index in [4.69, 9.17) is 9.31 Å². The summed E-state index contributed by atoms with van der Waals surface area (Å²) in [5.41, 5.74) is 0. The van der Waals surface area contributed by atoms with E-state index in [1.54, 1.807) is 0 Å². The van der Waals surface area contributed by atoms with Gasteiger partial charge in [0, 0.05) is 12.2 Å². The minimum Gasteiger partial charge on any atom is -0.411 e. The van der Waals surface area contributed by atoms with Crippen LogP contribution in [0.4, 0.5) is 0 Å². The molecule has 9 heavy (non-hydrogen) atoms. The Kier molecular flexibility index (Phi) is 4.82. The molecule has 0 unspecified atom stereocenters. The lowest BCUT2D eigenvalue weighted by molar-refractivity contribution is 0.152. The Hall–Kier alpha value is -0.0151. The van der Waals surface area contributed by atoms with Crippen LogP contribution in [0.15, 0.2) is 0 Å². The van der Waals surface area contributed by atoms with E-state index < -0.39 is 0 Å². The molecule has 0 aromatic rings. The third-order valence-corrected chi connectivity index (χ3v) is 0.655. The van der Waals surface area contributed by atoms with Gasteiger partial charge < -0.3 is 9.31 Å². The molecule has 0 rings (SSSR count). The maximum Gasteiger partial charge on any atom is 0.488 e. The second-order valence-corrected chi connectivity index (χ2v) is 2.47. The average molecular weight is 129 g/mol. The van der Waals surface area contributed by atoms with Crippen molar-refractivity contribution >= 4 is 7.69 Å². The Labute approximate surface area is 57.8 Å². The molecule has 0 saturated heterocycles. The topological polar surface area (TPSA) is 18.5 Å². The van der Waals surface area contributed by atoms with Crippen LogP contribution in [-0.2, 0) is 9.31 Å². The summed E-state index contributed by atoms with van der Waals surface area (Å²) in [5.74, 6) is 0. The highest BCUT2D eigenvalue weighted by molar-refractivity contribution is 6.18. The Balaban J connectivity index is 2.91. The maximum absolute atomic E-state index is 5.01. The first-order valence-corrected chi connectivity index (χ1v) is 3.25. The molecular formula is C6H14BO2. The van der Waals surface area contributed by atoms with Crippen molar-refractivity contribution in [3.8, 4) is 0 Å². The molecular weight excluding hydrogens is 115 g/mol. The molecule has 53 valence electrons. The Morgan fingerprint density at radius 1 is 0.889 bits per heavy atom. The summed E-state index contributed by atoms with van der Waals surface area (Å²) in [6, 6.07) is 0. The molecule has 0 spiro atoms. The fourth-order valence-corrected chi connectivity index (χ4v) is 0.254. The largest absolute Gasteiger partial charge is 0.488 e. The van der Waals surface area contributed by atoms with Gasteiger partial charge in [0.15, 0.2) is 0 Å². The van der Waals surface area contributed by atoms with Crippen LogP contribution >= 0.6 is 0 Å². The Morgan fingerprint density at radius 3 is 1.44 bits per heavy atom. The lowest BCUT2D eigenvalue weighted by atomic mass is 10.3. The Morgan fingerprint density at radius 2 is 1.22 bits per heavy atom. The molecule has 0 atom stereocenters. The van der Waals surface area contributed by atoms with Gasteiger partial charge in [0.2, 0.25) is 0 Å². The first-order valence-electron chi connectivity index (χ1n) is 3.25. The average Bonchev–Trinajstić information content (AvgIpc) is 1.63. The minimum absolute atomic E-state index is 0.212. The molecule has 0 aromatic heterocycles. The fourth-order valence-electron chi connectivity index (χ4n) is 0.254. The van der Waals surface area contributed by atoms with E-state index in [2.05, 4.69) is 0 Å². The third-order valence-electron chi connectivity index (χ3n) is 0.655. The van der Waals surface area contributed by atoms with Gasteiger partial charge in [-0.25, -0.2) is 0 Å². The normalized spacial score (nSPS) is 10.9. The lowest BCUT2D eigenvalue weighted by Gasteiger charge is -2.07. The molecule has 0 fully saturated rings. The summed E-state index contributed by atoms with van der Waals surface area (Å²) in [4.78, 5) is 0. The molecule has 0 heterocycles. The first-order chi connectivity index (χ1) is 4.13. The molecule has 0 aliphatic rings. The van der Waals surface area contributed by atoms with Gasteiger partial charge in [-0.15, -0.1) is 0 Å². The van der Waals surface area contributed by atoms with E-state index >= 15 is 0 Å². The van der Waals surface area contributed by atoms with Crippen LogP contribution in [0.5, 0.6) is 0 Å². The molecule has 0 aliphatic heterocycles. The van der Waals surface area contributed by atoms with Gasteiger partial charge in [-0.1, -0.05) is 0 Å². The monoisotopic (exact) mass is 129 g/mol. The highest BCUT2D eigenvalue weighted by atomic mass is 16.6. The van der Waals surface area contributed by atoms with Crippen molar-refractivity contribution in [2.75, 3.05) is 0 Å². The zero-order chi connectivity index (χ0) is 7.28. The van der Waals surface area contributed by atoms with Gasteiger partial charge in [0.25, 0.3) is 0 Å². The number of hydrogen-bond acceptors (Lipinski definition) is 2. The van der Waals surface area contributed by atoms with Crippen LogP contribution in [0, 0.1) is 0 Å². The van der Waals surface area contributed by atoms with Gasteiger partial charge >= 0.3 is 7.69 Å². The van der Waals surface area contributed by atoms with Crippen LogP contribution in [-0.4, -0.2) is 19.9 Å². The second kappa shape index (κ2) is 4.83. The van der Waals surface area contributed by atoms with Crippen LogP contribution in [0.1, 0.15) is 27.7 Å². The van der Waals surface area contributed by atoms with Crippen LogP contribution in [0.2, 0.25) is 0 Å². The SMILES string of the molecule is CC(C)O[B]OC(C)C. The van der Waals surface area contributed by atoms with E-state index in [0.29, 0.717) is 0 Å². The van der Waals surface area contributed by atoms with Crippen molar-refractivity contribution in [1.82, 2.24) is 0 Å². The van der Waals surface area contributed by atoms with Crippen molar-refractivity contribution in [2.45, 2.75) is 39.9 Å². The zero-order valence-electron chi connectivity index (χ0n) is 6.55. The van der Waals surface area contributed by atoms with Crippen molar-refractivity contribution in [2.24, 2.45) is 0 Å². The van der Waals surface area contributed by atoms with Gasteiger partial charge in [-0.2, -0.15) is 0 Å². The number of hydrogen-bond donors (Lipinski definition) is 0. The predicted octanol–water partition coefficient (Wildman–Crippen LogP) is 1.37. The summed E-state index contributed by atoms with van der Waals surface area (Å²) in [6.45, 7) is 7.83. The predicted molar refractivity (Wildman–Crippen MR) is 38.2 cm³/mol. The standard InChI is InChI=1S/C6H14BO2/c1-5(2)8-7-9-6(3)4/h5-6H,1-4H3. The summed E-state index contributed by atoms with van der Waals surface area (Å²) in [5, 5.41) is 0. The maximum atomic E-state index is 5.01. The van der Waals surface area contributed by atoms with E-state index in [0.717, 1.165) is 0 Å². The minimum atomic E-state index is 0.212. The number of rotatable bonds is 4. The molecule has 2 nitrogen and oxygen atoms in total. The van der Waals surface area contributed by atoms with Gasteiger partial charge in [-0.3, -0.25) is 0 Å². The zero-order valence-corrected chi connectivity index (χ0v) is 6.55. The highest BCUT2D eigenvalue weighted by Crippen LogP contribution is 1.89. The molecule has 3 heteroatoms. The van der Waals surface area contributed by atoms with E-state index in [1.807, 2.05) is 27.7 Å². The van der Waals surface area contributed by atoms with Crippen LogP contribution < -0.4 is 0 Å². The summed E-state index contributed by atoms with van der Waals surface area (Å²) in [6.07, 6.45) is 0.424. The third kappa shape index (κ3) is 7.98. The van der Waals surface area contributed by atoms with Crippen molar-refractivity contribution in [1.29, 1.82) is 0 Å². The van der Waals surface area contributed by atoms with Crippen LogP contribution in [0.25, 0.3) is 0 Å². The van der Waals surface area contributed by atoms with Crippen molar-refractivity contribution in [3.05, 3.63) is 0 Å². The second-order valence-electron chi connectivity index (χ2n) is 2.47. The van der Waals surface area contributed by atoms with E-state index in [9.17, 15) is 0 Å². The molecule has 0 saturated carbocycles. The van der Waals surface area contributed by atoms with Gasteiger partial charge in [-0.05, 0) is 27.7 Å². The van der Waals surface area contributed by atoms with Crippen LogP contribution in [0.3, 0.4) is 0 Å². The molecule has 0 amide bonds. The quantitative estimate of drug-likeness (QED) is 0.533. The molecule has 0 bridgehead atoms. The molecule has 1 radical (unpaired) electrons. The first kappa shape index (κ1) is 8.98. The van der Waals surface area contributed by atoms with E-state index in [-0.39, 0.29) is 12.2 Å². The molecule has 0 aromatic carbocycles. The van der Waals surface area contributed by atoms with Gasteiger partial charge in [0.05, 0.1) is 0 Å².